The Balaban J connectivity index is 2.31. The first-order valence-corrected chi connectivity index (χ1v) is 6.94. The maximum Gasteiger partial charge on any atom is 0.223 e. The van der Waals surface area contributed by atoms with Crippen molar-refractivity contribution >= 4 is 5.91 Å². The Kier molecular flexibility index (Phi) is 4.53. The largest absolute Gasteiger partial charge is 0.334 e. The van der Waals surface area contributed by atoms with E-state index in [0.29, 0.717) is 24.9 Å². The maximum absolute atomic E-state index is 14.0. The molecule has 0 spiro atoms. The number of nitrogens with zero attached hydrogens (tertiary/aromatic N) is 1. The molecule has 1 fully saturated rings. The lowest BCUT2D eigenvalue weighted by atomic mass is 9.90. The summed E-state index contributed by atoms with van der Waals surface area (Å²) in [4.78, 5) is 13.8. The van der Waals surface area contributed by atoms with E-state index in [2.05, 4.69) is 6.92 Å². The Bertz CT molecular complexity index is 450. The molecule has 1 aromatic carbocycles. The van der Waals surface area contributed by atoms with Crippen LogP contribution < -0.4 is 5.73 Å². The number of hydrogen-bond donors (Lipinski definition) is 1. The Morgan fingerprint density at radius 2 is 2.16 bits per heavy atom. The monoisotopic (exact) mass is 264 g/mol. The van der Waals surface area contributed by atoms with Gasteiger partial charge in [-0.25, -0.2) is 4.39 Å². The summed E-state index contributed by atoms with van der Waals surface area (Å²) in [7, 11) is 0. The molecule has 0 radical (unpaired) electrons. The van der Waals surface area contributed by atoms with Gasteiger partial charge in [-0.2, -0.15) is 0 Å². The van der Waals surface area contributed by atoms with E-state index in [1.54, 1.807) is 23.1 Å². The Morgan fingerprint density at radius 3 is 2.84 bits per heavy atom. The van der Waals surface area contributed by atoms with Gasteiger partial charge < -0.3 is 10.6 Å². The number of nitrogens with two attached hydrogens (primary N) is 1. The summed E-state index contributed by atoms with van der Waals surface area (Å²) >= 11 is 0. The van der Waals surface area contributed by atoms with Crippen molar-refractivity contribution in [1.29, 1.82) is 0 Å². The number of halogens is 1. The van der Waals surface area contributed by atoms with Crippen molar-refractivity contribution in [2.45, 2.75) is 44.7 Å². The lowest BCUT2D eigenvalue weighted by molar-refractivity contribution is -0.137. The molecule has 2 unspecified atom stereocenters. The summed E-state index contributed by atoms with van der Waals surface area (Å²) in [5.74, 6) is -0.192. The molecule has 2 N–H and O–H groups in total. The standard InChI is InChI=1S/C15H21FN2O/c1-2-3-10-18-14(19)9-8-13(17)15(18)11-6-4-5-7-12(11)16/h4-7,13,15H,2-3,8-10,17H2,1H3. The van der Waals surface area contributed by atoms with Gasteiger partial charge >= 0.3 is 0 Å². The van der Waals surface area contributed by atoms with Gasteiger partial charge in [0.25, 0.3) is 0 Å². The fraction of sp³-hybridized carbons (Fsp3) is 0.533. The van der Waals surface area contributed by atoms with E-state index in [9.17, 15) is 9.18 Å². The number of hydrogen-bond acceptors (Lipinski definition) is 2. The van der Waals surface area contributed by atoms with Gasteiger partial charge in [-0.1, -0.05) is 31.5 Å². The molecule has 3 nitrogen and oxygen atoms in total. The van der Waals surface area contributed by atoms with E-state index in [0.717, 1.165) is 12.8 Å². The predicted molar refractivity (Wildman–Crippen MR) is 73.0 cm³/mol. The van der Waals surface area contributed by atoms with Gasteiger partial charge in [0.2, 0.25) is 5.91 Å². The number of carbonyl (C=O) groups is 1. The van der Waals surface area contributed by atoms with Crippen LogP contribution in [-0.2, 0) is 4.79 Å². The van der Waals surface area contributed by atoms with Crippen LogP contribution in [-0.4, -0.2) is 23.4 Å². The number of piperidine rings is 1. The minimum absolute atomic E-state index is 0.0865. The van der Waals surface area contributed by atoms with Crippen molar-refractivity contribution in [1.82, 2.24) is 4.90 Å². The topological polar surface area (TPSA) is 46.3 Å². The van der Waals surface area contributed by atoms with E-state index >= 15 is 0 Å². The molecule has 4 heteroatoms. The van der Waals surface area contributed by atoms with E-state index in [1.807, 2.05) is 0 Å². The second kappa shape index (κ2) is 6.15. The minimum Gasteiger partial charge on any atom is -0.334 e. The van der Waals surface area contributed by atoms with Gasteiger partial charge in [0.05, 0.1) is 6.04 Å². The highest BCUT2D eigenvalue weighted by Crippen LogP contribution is 2.32. The van der Waals surface area contributed by atoms with Crippen LogP contribution in [0, 0.1) is 5.82 Å². The van der Waals surface area contributed by atoms with E-state index in [4.69, 9.17) is 5.73 Å². The molecule has 1 heterocycles. The zero-order valence-corrected chi connectivity index (χ0v) is 11.3. The summed E-state index contributed by atoms with van der Waals surface area (Å²) in [6, 6.07) is 6.10. The molecule has 2 atom stereocenters. The van der Waals surface area contributed by atoms with E-state index in [1.165, 1.54) is 6.07 Å². The second-order valence-electron chi connectivity index (χ2n) is 5.11. The zero-order valence-electron chi connectivity index (χ0n) is 11.3. The van der Waals surface area contributed by atoms with Crippen molar-refractivity contribution in [3.8, 4) is 0 Å². The van der Waals surface area contributed by atoms with Crippen LogP contribution in [0.5, 0.6) is 0 Å². The van der Waals surface area contributed by atoms with Crippen molar-refractivity contribution < 1.29 is 9.18 Å². The van der Waals surface area contributed by atoms with Crippen LogP contribution in [0.3, 0.4) is 0 Å². The van der Waals surface area contributed by atoms with Crippen LogP contribution in [0.1, 0.15) is 44.2 Å². The molecule has 1 amide bonds. The lowest BCUT2D eigenvalue weighted by Gasteiger charge is -2.40. The first-order valence-electron chi connectivity index (χ1n) is 6.94. The average molecular weight is 264 g/mol. The number of carbonyl (C=O) groups excluding carboxylic acids is 1. The third kappa shape index (κ3) is 2.95. The first-order chi connectivity index (χ1) is 9.15. The molecule has 1 aliphatic rings. The molecule has 1 saturated heterocycles. The van der Waals surface area contributed by atoms with E-state index < -0.39 is 0 Å². The fourth-order valence-electron chi connectivity index (χ4n) is 2.68. The smallest absolute Gasteiger partial charge is 0.223 e. The summed E-state index contributed by atoms with van der Waals surface area (Å²) in [6.45, 7) is 2.73. The highest BCUT2D eigenvalue weighted by Gasteiger charge is 2.35. The van der Waals surface area contributed by atoms with Crippen molar-refractivity contribution in [3.63, 3.8) is 0 Å². The van der Waals surface area contributed by atoms with Crippen LogP contribution in [0.2, 0.25) is 0 Å². The predicted octanol–water partition coefficient (Wildman–Crippen LogP) is 2.62. The van der Waals surface area contributed by atoms with Gasteiger partial charge in [0, 0.05) is 24.6 Å². The van der Waals surface area contributed by atoms with Crippen LogP contribution in [0.15, 0.2) is 24.3 Å². The van der Waals surface area contributed by atoms with Crippen molar-refractivity contribution in [2.24, 2.45) is 5.73 Å². The van der Waals surface area contributed by atoms with Crippen LogP contribution in [0.25, 0.3) is 0 Å². The molecule has 1 aromatic rings. The fourth-order valence-corrected chi connectivity index (χ4v) is 2.68. The number of amides is 1. The molecule has 1 aliphatic heterocycles. The number of likely N-dealkylation sites (tertiary alicyclic amines) is 1. The molecule has 0 aromatic heterocycles. The van der Waals surface area contributed by atoms with Crippen molar-refractivity contribution in [3.05, 3.63) is 35.6 Å². The molecular weight excluding hydrogens is 243 g/mol. The summed E-state index contributed by atoms with van der Waals surface area (Å²) in [6.07, 6.45) is 3.02. The first kappa shape index (κ1) is 14.0. The van der Waals surface area contributed by atoms with Gasteiger partial charge in [-0.05, 0) is 18.9 Å². The van der Waals surface area contributed by atoms with Gasteiger partial charge in [0.1, 0.15) is 5.82 Å². The Labute approximate surface area is 113 Å². The number of unbranched alkanes of at least 4 members (excludes halogenated alkanes) is 1. The summed E-state index contributed by atoms with van der Waals surface area (Å²) in [5, 5.41) is 0. The van der Waals surface area contributed by atoms with Crippen LogP contribution >= 0.6 is 0 Å². The molecule has 104 valence electrons. The summed E-state index contributed by atoms with van der Waals surface area (Å²) < 4.78 is 14.0. The lowest BCUT2D eigenvalue weighted by Crippen LogP contribution is -2.49. The van der Waals surface area contributed by atoms with Crippen LogP contribution in [0.4, 0.5) is 4.39 Å². The Morgan fingerprint density at radius 1 is 1.42 bits per heavy atom. The second-order valence-corrected chi connectivity index (χ2v) is 5.11. The van der Waals surface area contributed by atoms with Gasteiger partial charge in [-0.15, -0.1) is 0 Å². The molecule has 2 rings (SSSR count). The summed E-state index contributed by atoms with van der Waals surface area (Å²) in [5.41, 5.74) is 6.68. The normalized spacial score (nSPS) is 23.7. The Hall–Kier alpha value is -1.42. The number of benzene rings is 1. The van der Waals surface area contributed by atoms with Crippen molar-refractivity contribution in [2.75, 3.05) is 6.54 Å². The highest BCUT2D eigenvalue weighted by atomic mass is 19.1. The van der Waals surface area contributed by atoms with E-state index in [-0.39, 0.29) is 23.8 Å². The average Bonchev–Trinajstić information content (AvgIpc) is 2.41. The maximum atomic E-state index is 14.0. The van der Waals surface area contributed by atoms with Gasteiger partial charge in [-0.3, -0.25) is 4.79 Å². The highest BCUT2D eigenvalue weighted by molar-refractivity contribution is 5.78. The SMILES string of the molecule is CCCCN1C(=O)CCC(N)C1c1ccccc1F. The number of rotatable bonds is 4. The molecule has 0 saturated carbocycles. The third-order valence-electron chi connectivity index (χ3n) is 3.73. The van der Waals surface area contributed by atoms with Gasteiger partial charge in [0.15, 0.2) is 0 Å². The zero-order chi connectivity index (χ0) is 13.8. The minimum atomic E-state index is -0.325. The molecule has 0 aliphatic carbocycles. The molecular formula is C15H21FN2O. The quantitative estimate of drug-likeness (QED) is 0.908. The third-order valence-corrected chi connectivity index (χ3v) is 3.73. The molecule has 0 bridgehead atoms. The molecule has 19 heavy (non-hydrogen) atoms.